The van der Waals surface area contributed by atoms with Crippen molar-refractivity contribution >= 4 is 17.1 Å². The molecular formula is C15H16O3S. The van der Waals surface area contributed by atoms with Crippen LogP contribution in [0.1, 0.15) is 28.6 Å². The van der Waals surface area contributed by atoms with Gasteiger partial charge in [-0.1, -0.05) is 19.1 Å². The van der Waals surface area contributed by atoms with Crippen LogP contribution in [0.2, 0.25) is 0 Å². The van der Waals surface area contributed by atoms with Crippen molar-refractivity contribution < 1.29 is 14.3 Å². The third-order valence-corrected chi connectivity index (χ3v) is 3.54. The van der Waals surface area contributed by atoms with Gasteiger partial charge in [-0.25, -0.2) is 0 Å². The van der Waals surface area contributed by atoms with Gasteiger partial charge >= 0.3 is 0 Å². The van der Waals surface area contributed by atoms with Gasteiger partial charge in [-0.2, -0.15) is 0 Å². The highest BCUT2D eigenvalue weighted by Gasteiger charge is 2.19. The van der Waals surface area contributed by atoms with Gasteiger partial charge in [-0.05, 0) is 30.0 Å². The van der Waals surface area contributed by atoms with Crippen molar-refractivity contribution in [1.82, 2.24) is 0 Å². The normalized spacial score (nSPS) is 10.2. The molecule has 3 nitrogen and oxygen atoms in total. The van der Waals surface area contributed by atoms with Gasteiger partial charge in [-0.3, -0.25) is 4.79 Å². The Kier molecular flexibility index (Phi) is 4.58. The molecule has 0 fully saturated rings. The SMILES string of the molecule is CCCOc1ccccc1C(=O)c1sccc1OC. The summed E-state index contributed by atoms with van der Waals surface area (Å²) in [4.78, 5) is 13.1. The van der Waals surface area contributed by atoms with E-state index >= 15 is 0 Å². The summed E-state index contributed by atoms with van der Waals surface area (Å²) >= 11 is 1.38. The molecule has 0 radical (unpaired) electrons. The Morgan fingerprint density at radius 2 is 2.00 bits per heavy atom. The number of ketones is 1. The zero-order chi connectivity index (χ0) is 13.7. The molecule has 0 saturated carbocycles. The Morgan fingerprint density at radius 3 is 2.74 bits per heavy atom. The molecular weight excluding hydrogens is 260 g/mol. The Balaban J connectivity index is 2.33. The number of rotatable bonds is 6. The fourth-order valence-corrected chi connectivity index (χ4v) is 2.55. The van der Waals surface area contributed by atoms with Gasteiger partial charge in [0.2, 0.25) is 5.78 Å². The molecule has 0 aliphatic heterocycles. The molecule has 0 atom stereocenters. The number of methoxy groups -OCH3 is 1. The lowest BCUT2D eigenvalue weighted by Gasteiger charge is -2.09. The number of carbonyl (C=O) groups excluding carboxylic acids is 1. The highest BCUT2D eigenvalue weighted by Crippen LogP contribution is 2.30. The molecule has 1 aromatic heterocycles. The van der Waals surface area contributed by atoms with Crippen LogP contribution in [-0.2, 0) is 0 Å². The van der Waals surface area contributed by atoms with Crippen LogP contribution in [0, 0.1) is 0 Å². The monoisotopic (exact) mass is 276 g/mol. The molecule has 0 aliphatic carbocycles. The van der Waals surface area contributed by atoms with Crippen molar-refractivity contribution in [3.05, 3.63) is 46.2 Å². The first-order valence-corrected chi connectivity index (χ1v) is 7.04. The molecule has 0 aliphatic rings. The van der Waals surface area contributed by atoms with Crippen molar-refractivity contribution in [3.63, 3.8) is 0 Å². The Bertz CT molecular complexity index is 560. The van der Waals surface area contributed by atoms with Crippen LogP contribution in [0.15, 0.2) is 35.7 Å². The van der Waals surface area contributed by atoms with Crippen molar-refractivity contribution in [1.29, 1.82) is 0 Å². The number of hydrogen-bond acceptors (Lipinski definition) is 4. The summed E-state index contributed by atoms with van der Waals surface area (Å²) in [6, 6.07) is 9.11. The highest BCUT2D eigenvalue weighted by atomic mass is 32.1. The van der Waals surface area contributed by atoms with Crippen LogP contribution in [0.5, 0.6) is 11.5 Å². The molecule has 1 aromatic carbocycles. The van der Waals surface area contributed by atoms with Crippen LogP contribution in [0.4, 0.5) is 0 Å². The number of hydrogen-bond donors (Lipinski definition) is 0. The molecule has 0 spiro atoms. The predicted octanol–water partition coefficient (Wildman–Crippen LogP) is 3.78. The van der Waals surface area contributed by atoms with E-state index in [0.717, 1.165) is 6.42 Å². The van der Waals surface area contributed by atoms with E-state index in [1.165, 1.54) is 11.3 Å². The second-order valence-electron chi connectivity index (χ2n) is 3.99. The van der Waals surface area contributed by atoms with Crippen molar-refractivity contribution in [2.45, 2.75) is 13.3 Å². The van der Waals surface area contributed by atoms with E-state index in [0.29, 0.717) is 28.5 Å². The largest absolute Gasteiger partial charge is 0.495 e. The maximum Gasteiger partial charge on any atom is 0.210 e. The predicted molar refractivity (Wildman–Crippen MR) is 76.5 cm³/mol. The van der Waals surface area contributed by atoms with Crippen LogP contribution < -0.4 is 9.47 Å². The first kappa shape index (κ1) is 13.6. The lowest BCUT2D eigenvalue weighted by atomic mass is 10.1. The first-order chi connectivity index (χ1) is 9.27. The van der Waals surface area contributed by atoms with Crippen LogP contribution in [0.3, 0.4) is 0 Å². The molecule has 1 heterocycles. The minimum Gasteiger partial charge on any atom is -0.495 e. The van der Waals surface area contributed by atoms with E-state index in [2.05, 4.69) is 0 Å². The summed E-state index contributed by atoms with van der Waals surface area (Å²) in [5.74, 6) is 1.18. The highest BCUT2D eigenvalue weighted by molar-refractivity contribution is 7.12. The molecule has 0 bridgehead atoms. The first-order valence-electron chi connectivity index (χ1n) is 6.16. The standard InChI is InChI=1S/C15H16O3S/c1-3-9-18-12-7-5-4-6-11(12)14(16)15-13(17-2)8-10-19-15/h4-8,10H,3,9H2,1-2H3. The summed E-state index contributed by atoms with van der Waals surface area (Å²) in [5, 5.41) is 1.85. The van der Waals surface area contributed by atoms with Crippen molar-refractivity contribution in [3.8, 4) is 11.5 Å². The molecule has 19 heavy (non-hydrogen) atoms. The molecule has 0 saturated heterocycles. The van der Waals surface area contributed by atoms with Gasteiger partial charge in [0, 0.05) is 0 Å². The molecule has 0 amide bonds. The van der Waals surface area contributed by atoms with E-state index in [9.17, 15) is 4.79 Å². The number of thiophene rings is 1. The van der Waals surface area contributed by atoms with Gasteiger partial charge in [0.15, 0.2) is 0 Å². The lowest BCUT2D eigenvalue weighted by molar-refractivity contribution is 0.103. The number of benzene rings is 1. The summed E-state index contributed by atoms with van der Waals surface area (Å²) in [6.07, 6.45) is 0.908. The van der Waals surface area contributed by atoms with E-state index in [-0.39, 0.29) is 5.78 Å². The summed E-state index contributed by atoms with van der Waals surface area (Å²) in [7, 11) is 1.57. The van der Waals surface area contributed by atoms with Crippen LogP contribution in [0.25, 0.3) is 0 Å². The molecule has 0 N–H and O–H groups in total. The minimum absolute atomic E-state index is 0.0569. The maximum absolute atomic E-state index is 12.5. The molecule has 0 unspecified atom stereocenters. The summed E-state index contributed by atoms with van der Waals surface area (Å²) in [5.41, 5.74) is 0.580. The average Bonchev–Trinajstić information content (AvgIpc) is 2.93. The maximum atomic E-state index is 12.5. The molecule has 2 rings (SSSR count). The van der Waals surface area contributed by atoms with Gasteiger partial charge in [0.1, 0.15) is 16.4 Å². The zero-order valence-electron chi connectivity index (χ0n) is 11.0. The Labute approximate surface area is 116 Å². The third-order valence-electron chi connectivity index (χ3n) is 2.65. The fraction of sp³-hybridized carbons (Fsp3) is 0.267. The van der Waals surface area contributed by atoms with Crippen LogP contribution in [-0.4, -0.2) is 19.5 Å². The van der Waals surface area contributed by atoms with Gasteiger partial charge in [0.25, 0.3) is 0 Å². The molecule has 2 aromatic rings. The fourth-order valence-electron chi connectivity index (χ4n) is 1.74. The Morgan fingerprint density at radius 1 is 1.21 bits per heavy atom. The lowest BCUT2D eigenvalue weighted by Crippen LogP contribution is -2.05. The molecule has 4 heteroatoms. The Hall–Kier alpha value is -1.81. The van der Waals surface area contributed by atoms with Gasteiger partial charge in [-0.15, -0.1) is 11.3 Å². The number of para-hydroxylation sites is 1. The average molecular weight is 276 g/mol. The van der Waals surface area contributed by atoms with E-state index in [1.807, 2.05) is 30.5 Å². The van der Waals surface area contributed by atoms with Gasteiger partial charge < -0.3 is 9.47 Å². The second-order valence-corrected chi connectivity index (χ2v) is 4.91. The van der Waals surface area contributed by atoms with Crippen molar-refractivity contribution in [2.75, 3.05) is 13.7 Å². The van der Waals surface area contributed by atoms with Crippen LogP contribution >= 0.6 is 11.3 Å². The summed E-state index contributed by atoms with van der Waals surface area (Å²) < 4.78 is 10.8. The second kappa shape index (κ2) is 6.38. The topological polar surface area (TPSA) is 35.5 Å². The third kappa shape index (κ3) is 2.96. The minimum atomic E-state index is -0.0569. The summed E-state index contributed by atoms with van der Waals surface area (Å²) in [6.45, 7) is 2.64. The van der Waals surface area contributed by atoms with E-state index in [1.54, 1.807) is 19.2 Å². The van der Waals surface area contributed by atoms with Crippen molar-refractivity contribution in [2.24, 2.45) is 0 Å². The number of carbonyl (C=O) groups is 1. The number of ether oxygens (including phenoxy) is 2. The van der Waals surface area contributed by atoms with Gasteiger partial charge in [0.05, 0.1) is 19.3 Å². The van der Waals surface area contributed by atoms with E-state index < -0.39 is 0 Å². The molecule has 100 valence electrons. The smallest absolute Gasteiger partial charge is 0.210 e. The van der Waals surface area contributed by atoms with E-state index in [4.69, 9.17) is 9.47 Å². The zero-order valence-corrected chi connectivity index (χ0v) is 11.8. The quantitative estimate of drug-likeness (QED) is 0.753.